The molecule has 1 aromatic carbocycles. The van der Waals surface area contributed by atoms with Gasteiger partial charge in [-0.3, -0.25) is 0 Å². The molecule has 0 saturated heterocycles. The van der Waals surface area contributed by atoms with E-state index in [1.807, 2.05) is 13.0 Å². The molecule has 0 aromatic heterocycles. The predicted molar refractivity (Wildman–Crippen MR) is 108 cm³/mol. The van der Waals surface area contributed by atoms with Crippen molar-refractivity contribution >= 4 is 0 Å². The van der Waals surface area contributed by atoms with Crippen molar-refractivity contribution < 1.29 is 13.2 Å². The van der Waals surface area contributed by atoms with Gasteiger partial charge in [0.1, 0.15) is 0 Å². The molecule has 3 heteroatoms. The molecule has 0 atom stereocenters. The predicted octanol–water partition coefficient (Wildman–Crippen LogP) is 7.84. The van der Waals surface area contributed by atoms with Crippen molar-refractivity contribution in [2.75, 3.05) is 0 Å². The summed E-state index contributed by atoms with van der Waals surface area (Å²) in [6, 6.07) is 8.64. The molecule has 2 bridgehead atoms. The van der Waals surface area contributed by atoms with E-state index in [1.54, 1.807) is 6.08 Å². The molecule has 148 valence electrons. The number of rotatable bonds is 5. The van der Waals surface area contributed by atoms with E-state index in [0.29, 0.717) is 0 Å². The number of halogens is 3. The Balaban J connectivity index is 0.000000596. The standard InChI is InChI=1S/C20H21F3.C4H10/c1-4-16(10-7-15(3)20(21,22)23)18-11-19(12-18,13-18)17-8-5-14(2)6-9-17;1-3-4-2/h4-10H,3,11-13H2,1-2H3;3-4H2,1-2H3/b10-7-,16-4+;. The molecule has 1 aromatic rings. The maximum absolute atomic E-state index is 12.6. The first-order chi connectivity index (χ1) is 12.6. The van der Waals surface area contributed by atoms with Crippen molar-refractivity contribution in [3.63, 3.8) is 0 Å². The van der Waals surface area contributed by atoms with Crippen molar-refractivity contribution in [3.05, 3.63) is 71.3 Å². The fourth-order valence-corrected chi connectivity index (χ4v) is 4.17. The van der Waals surface area contributed by atoms with Gasteiger partial charge in [-0.25, -0.2) is 0 Å². The average Bonchev–Trinajstić information content (AvgIpc) is 2.56. The smallest absolute Gasteiger partial charge is 0.166 e. The molecule has 0 spiro atoms. The van der Waals surface area contributed by atoms with Gasteiger partial charge in [-0.2, -0.15) is 13.2 Å². The number of hydrogen-bond acceptors (Lipinski definition) is 0. The van der Waals surface area contributed by atoms with Crippen LogP contribution in [0.25, 0.3) is 0 Å². The van der Waals surface area contributed by atoms with Crippen molar-refractivity contribution in [2.45, 2.75) is 71.4 Å². The summed E-state index contributed by atoms with van der Waals surface area (Å²) in [5, 5.41) is 0. The van der Waals surface area contributed by atoms with Gasteiger partial charge in [-0.05, 0) is 55.1 Å². The Bertz CT molecular complexity index is 695. The van der Waals surface area contributed by atoms with E-state index in [9.17, 15) is 13.2 Å². The first-order valence-corrected chi connectivity index (χ1v) is 9.80. The lowest BCUT2D eigenvalue weighted by atomic mass is 9.31. The summed E-state index contributed by atoms with van der Waals surface area (Å²) in [6.07, 6.45) is 6.04. The van der Waals surface area contributed by atoms with Gasteiger partial charge in [0.25, 0.3) is 0 Å². The quantitative estimate of drug-likeness (QED) is 0.459. The van der Waals surface area contributed by atoms with Crippen LogP contribution in [0.2, 0.25) is 0 Å². The number of hydrogen-bond donors (Lipinski definition) is 0. The minimum absolute atomic E-state index is 0.0714. The lowest BCUT2D eigenvalue weighted by Gasteiger charge is -2.72. The maximum Gasteiger partial charge on any atom is 0.415 e. The summed E-state index contributed by atoms with van der Waals surface area (Å²) in [6.45, 7) is 11.4. The monoisotopic (exact) mass is 376 g/mol. The third kappa shape index (κ3) is 4.39. The molecule has 0 radical (unpaired) electrons. The molecule has 3 saturated carbocycles. The van der Waals surface area contributed by atoms with Gasteiger partial charge in [0.15, 0.2) is 0 Å². The van der Waals surface area contributed by atoms with Crippen LogP contribution in [0.15, 0.2) is 60.2 Å². The van der Waals surface area contributed by atoms with Crippen LogP contribution in [0, 0.1) is 12.3 Å². The van der Waals surface area contributed by atoms with E-state index < -0.39 is 11.7 Å². The van der Waals surface area contributed by atoms with E-state index in [4.69, 9.17) is 0 Å². The number of unbranched alkanes of at least 4 members (excludes halogenated alkanes) is 1. The molecular weight excluding hydrogens is 345 g/mol. The SMILES string of the molecule is C=C(/C=C\C(=C/C)C12CC(c3ccc(C)cc3)(C1)C2)C(F)(F)F.CCCC. The summed E-state index contributed by atoms with van der Waals surface area (Å²) >= 11 is 0. The highest BCUT2D eigenvalue weighted by molar-refractivity contribution is 5.48. The van der Waals surface area contributed by atoms with Crippen LogP contribution >= 0.6 is 0 Å². The minimum Gasteiger partial charge on any atom is -0.166 e. The van der Waals surface area contributed by atoms with Crippen LogP contribution in [-0.4, -0.2) is 6.18 Å². The molecule has 3 aliphatic rings. The highest BCUT2D eigenvalue weighted by Gasteiger charge is 2.68. The van der Waals surface area contributed by atoms with E-state index in [-0.39, 0.29) is 10.8 Å². The second-order valence-corrected chi connectivity index (χ2v) is 8.06. The molecule has 0 amide bonds. The van der Waals surface area contributed by atoms with E-state index in [2.05, 4.69) is 51.6 Å². The number of benzene rings is 1. The Morgan fingerprint density at radius 3 is 1.96 bits per heavy atom. The van der Waals surface area contributed by atoms with Gasteiger partial charge in [0, 0.05) is 5.57 Å². The summed E-state index contributed by atoms with van der Waals surface area (Å²) in [7, 11) is 0. The molecule has 0 N–H and O–H groups in total. The van der Waals surface area contributed by atoms with Gasteiger partial charge < -0.3 is 0 Å². The number of allylic oxidation sites excluding steroid dienone is 5. The minimum atomic E-state index is -4.35. The Morgan fingerprint density at radius 2 is 1.56 bits per heavy atom. The van der Waals surface area contributed by atoms with E-state index >= 15 is 0 Å². The zero-order valence-electron chi connectivity index (χ0n) is 16.9. The van der Waals surface area contributed by atoms with Crippen LogP contribution in [0.1, 0.15) is 64.0 Å². The molecule has 0 nitrogen and oxygen atoms in total. The fourth-order valence-electron chi connectivity index (χ4n) is 4.17. The molecular formula is C24H31F3. The van der Waals surface area contributed by atoms with Gasteiger partial charge in [0.2, 0.25) is 0 Å². The molecule has 3 aliphatic carbocycles. The number of aryl methyl sites for hydroxylation is 1. The fraction of sp³-hybridized carbons (Fsp3) is 0.500. The van der Waals surface area contributed by atoms with Gasteiger partial charge in [0.05, 0.1) is 0 Å². The Kier molecular flexibility index (Phi) is 6.44. The summed E-state index contributed by atoms with van der Waals surface area (Å²) in [5.74, 6) is 0. The Hall–Kier alpha value is -1.77. The average molecular weight is 377 g/mol. The lowest BCUT2D eigenvalue weighted by molar-refractivity contribution is -0.107. The molecule has 27 heavy (non-hydrogen) atoms. The Morgan fingerprint density at radius 1 is 1.04 bits per heavy atom. The third-order valence-electron chi connectivity index (χ3n) is 5.95. The first-order valence-electron chi connectivity index (χ1n) is 9.80. The van der Waals surface area contributed by atoms with Gasteiger partial charge in [-0.15, -0.1) is 0 Å². The van der Waals surface area contributed by atoms with Gasteiger partial charge >= 0.3 is 6.18 Å². The topological polar surface area (TPSA) is 0 Å². The molecule has 4 rings (SSSR count). The third-order valence-corrected chi connectivity index (χ3v) is 5.95. The second kappa shape index (κ2) is 8.08. The normalized spacial score (nSPS) is 26.7. The Labute approximate surface area is 161 Å². The highest BCUT2D eigenvalue weighted by atomic mass is 19.4. The first kappa shape index (κ1) is 21.5. The van der Waals surface area contributed by atoms with Crippen molar-refractivity contribution in [1.82, 2.24) is 0 Å². The van der Waals surface area contributed by atoms with E-state index in [1.165, 1.54) is 24.0 Å². The summed E-state index contributed by atoms with van der Waals surface area (Å²) in [5.41, 5.74) is 3.15. The summed E-state index contributed by atoms with van der Waals surface area (Å²) in [4.78, 5) is 0. The molecule has 3 fully saturated rings. The number of alkyl halides is 3. The zero-order valence-corrected chi connectivity index (χ0v) is 16.9. The highest BCUT2D eigenvalue weighted by Crippen LogP contribution is 2.76. The molecule has 0 aliphatic heterocycles. The van der Waals surface area contributed by atoms with Crippen molar-refractivity contribution in [2.24, 2.45) is 5.41 Å². The largest absolute Gasteiger partial charge is 0.415 e. The zero-order chi connectivity index (χ0) is 20.3. The summed E-state index contributed by atoms with van der Waals surface area (Å²) < 4.78 is 37.7. The lowest BCUT2D eigenvalue weighted by Crippen LogP contribution is -2.65. The van der Waals surface area contributed by atoms with Gasteiger partial charge in [-0.1, -0.05) is 81.3 Å². The van der Waals surface area contributed by atoms with E-state index in [0.717, 1.165) is 30.9 Å². The van der Waals surface area contributed by atoms with Crippen LogP contribution in [0.4, 0.5) is 13.2 Å². The van der Waals surface area contributed by atoms with Crippen molar-refractivity contribution in [1.29, 1.82) is 0 Å². The van der Waals surface area contributed by atoms with Crippen LogP contribution in [0.5, 0.6) is 0 Å². The van der Waals surface area contributed by atoms with Crippen LogP contribution < -0.4 is 0 Å². The maximum atomic E-state index is 12.6. The van der Waals surface area contributed by atoms with Crippen LogP contribution in [-0.2, 0) is 5.41 Å². The molecule has 0 heterocycles. The van der Waals surface area contributed by atoms with Crippen molar-refractivity contribution in [3.8, 4) is 0 Å². The van der Waals surface area contributed by atoms with Crippen LogP contribution in [0.3, 0.4) is 0 Å². The second-order valence-electron chi connectivity index (χ2n) is 8.06. The molecule has 0 unspecified atom stereocenters.